The van der Waals surface area contributed by atoms with Crippen LogP contribution in [0.4, 0.5) is 0 Å². The number of hydrogen-bond donors (Lipinski definition) is 0. The lowest BCUT2D eigenvalue weighted by Gasteiger charge is -2.34. The summed E-state index contributed by atoms with van der Waals surface area (Å²) in [6, 6.07) is 80.9. The molecule has 1 aliphatic carbocycles. The lowest BCUT2D eigenvalue weighted by molar-refractivity contribution is 0.775. The summed E-state index contributed by atoms with van der Waals surface area (Å²) in [4.78, 5) is 16.2. The molecule has 0 saturated carbocycles. The Hall–Kier alpha value is -8.27. The quantitative estimate of drug-likeness (QED) is 0.129. The smallest absolute Gasteiger partial charge is 0.0972 e. The van der Waals surface area contributed by atoms with Gasteiger partial charge in [0.2, 0.25) is 0 Å². The maximum Gasteiger partial charge on any atom is 0.0972 e. The lowest BCUT2D eigenvalue weighted by Crippen LogP contribution is -2.28. The Morgan fingerprint density at radius 2 is 0.794 bits per heavy atom. The molecule has 9 aromatic carbocycles. The van der Waals surface area contributed by atoms with E-state index in [2.05, 4.69) is 218 Å². The molecule has 3 aromatic heterocycles. The van der Waals surface area contributed by atoms with Gasteiger partial charge in [0.1, 0.15) is 0 Å². The molecular formula is C60H37N3. The first-order chi connectivity index (χ1) is 31.2. The van der Waals surface area contributed by atoms with Crippen molar-refractivity contribution in [3.8, 4) is 44.9 Å². The third-order valence-electron chi connectivity index (χ3n) is 13.3. The molecule has 63 heavy (non-hydrogen) atoms. The van der Waals surface area contributed by atoms with Gasteiger partial charge in [0.25, 0.3) is 0 Å². The van der Waals surface area contributed by atoms with E-state index in [0.29, 0.717) is 0 Å². The summed E-state index contributed by atoms with van der Waals surface area (Å²) in [7, 11) is 0. The molecule has 13 rings (SSSR count). The summed E-state index contributed by atoms with van der Waals surface area (Å²) in [5.74, 6) is 0. The number of nitrogens with zero attached hydrogens (tertiary/aromatic N) is 3. The number of benzene rings is 9. The van der Waals surface area contributed by atoms with Crippen molar-refractivity contribution in [1.82, 2.24) is 15.0 Å². The highest BCUT2D eigenvalue weighted by atomic mass is 14.8. The van der Waals surface area contributed by atoms with Crippen LogP contribution in [0.25, 0.3) is 99.2 Å². The zero-order valence-electron chi connectivity index (χ0n) is 34.2. The van der Waals surface area contributed by atoms with E-state index in [4.69, 9.17) is 15.0 Å². The monoisotopic (exact) mass is 799 g/mol. The molecule has 0 saturated heterocycles. The van der Waals surface area contributed by atoms with Gasteiger partial charge in [-0.2, -0.15) is 0 Å². The largest absolute Gasteiger partial charge is 0.248 e. The topological polar surface area (TPSA) is 38.7 Å². The van der Waals surface area contributed by atoms with Gasteiger partial charge >= 0.3 is 0 Å². The second-order valence-corrected chi connectivity index (χ2v) is 16.7. The maximum atomic E-state index is 5.56. The van der Waals surface area contributed by atoms with Gasteiger partial charge in [-0.15, -0.1) is 0 Å². The minimum absolute atomic E-state index is 0.513. The first-order valence-corrected chi connectivity index (χ1v) is 21.6. The zero-order valence-corrected chi connectivity index (χ0v) is 34.2. The SMILES string of the molecule is c1ccc(-c2ccc3ccc4ccc(-c5ccc(-c6ccc7c8c(ccc7n6)-c6ccccc6C8(c6ccccc6)c6ccccc6)c6cc7ccccc7cc56)nc4c3n2)cc1. The van der Waals surface area contributed by atoms with Crippen molar-refractivity contribution in [1.29, 1.82) is 0 Å². The molecule has 0 fully saturated rings. The van der Waals surface area contributed by atoms with Crippen LogP contribution in [0.15, 0.2) is 224 Å². The van der Waals surface area contributed by atoms with Crippen molar-refractivity contribution in [3.63, 3.8) is 0 Å². The van der Waals surface area contributed by atoms with Crippen LogP contribution in [0.3, 0.4) is 0 Å². The Morgan fingerprint density at radius 1 is 0.302 bits per heavy atom. The Labute approximate surface area is 364 Å². The number of aromatic nitrogens is 3. The molecule has 0 amide bonds. The molecular weight excluding hydrogens is 763 g/mol. The Morgan fingerprint density at radius 3 is 1.44 bits per heavy atom. The summed E-state index contributed by atoms with van der Waals surface area (Å²) < 4.78 is 0. The van der Waals surface area contributed by atoms with Crippen LogP contribution in [0.1, 0.15) is 22.3 Å². The van der Waals surface area contributed by atoms with Gasteiger partial charge in [-0.25, -0.2) is 15.0 Å². The first kappa shape index (κ1) is 35.5. The minimum Gasteiger partial charge on any atom is -0.248 e. The molecule has 0 unspecified atom stereocenters. The molecule has 0 spiro atoms. The standard InChI is InChI=1S/C60H37N3/c1-4-14-38(15-5-1)53-32-26-39-24-25-40-27-33-55(63-59(40)58(39)62-53)47-29-28-46(50-36-41-16-10-11-17-42(41)37-51(47)50)54-35-31-49-56(61-54)34-30-48-45-22-12-13-23-52(45)60(57(48)49,43-18-6-2-7-19-43)44-20-8-3-9-21-44/h1-37H. The van der Waals surface area contributed by atoms with Crippen molar-refractivity contribution in [2.24, 2.45) is 0 Å². The van der Waals surface area contributed by atoms with E-state index in [1.54, 1.807) is 0 Å². The summed E-state index contributed by atoms with van der Waals surface area (Å²) >= 11 is 0. The summed E-state index contributed by atoms with van der Waals surface area (Å²) in [6.45, 7) is 0. The third kappa shape index (κ3) is 5.36. The van der Waals surface area contributed by atoms with Gasteiger partial charge in [-0.1, -0.05) is 188 Å². The van der Waals surface area contributed by atoms with E-state index in [9.17, 15) is 0 Å². The van der Waals surface area contributed by atoms with Crippen LogP contribution in [-0.2, 0) is 5.41 Å². The summed E-state index contributed by atoms with van der Waals surface area (Å²) in [5.41, 5.74) is 15.9. The van der Waals surface area contributed by atoms with E-state index in [-0.39, 0.29) is 0 Å². The zero-order chi connectivity index (χ0) is 41.5. The van der Waals surface area contributed by atoms with Crippen LogP contribution < -0.4 is 0 Å². The van der Waals surface area contributed by atoms with Gasteiger partial charge in [0.05, 0.1) is 39.0 Å². The van der Waals surface area contributed by atoms with Crippen LogP contribution >= 0.6 is 0 Å². The molecule has 0 atom stereocenters. The Kier molecular flexibility index (Phi) is 7.82. The number of pyridine rings is 3. The van der Waals surface area contributed by atoms with E-state index in [1.807, 2.05) is 6.07 Å². The number of hydrogen-bond acceptors (Lipinski definition) is 3. The van der Waals surface area contributed by atoms with Crippen LogP contribution in [0, 0.1) is 0 Å². The fraction of sp³-hybridized carbons (Fsp3) is 0.0167. The molecule has 3 heterocycles. The fourth-order valence-electron chi connectivity index (χ4n) is 10.5. The highest BCUT2D eigenvalue weighted by Gasteiger charge is 2.47. The molecule has 12 aromatic rings. The molecule has 0 radical (unpaired) electrons. The fourth-order valence-corrected chi connectivity index (χ4v) is 10.5. The predicted octanol–water partition coefficient (Wildman–Crippen LogP) is 15.0. The van der Waals surface area contributed by atoms with E-state index >= 15 is 0 Å². The van der Waals surface area contributed by atoms with Gasteiger partial charge < -0.3 is 0 Å². The number of fused-ring (bicyclic) bond motifs is 10. The maximum absolute atomic E-state index is 5.56. The second kappa shape index (κ2) is 13.9. The highest BCUT2D eigenvalue weighted by molar-refractivity contribution is 6.12. The van der Waals surface area contributed by atoms with Crippen LogP contribution in [0.5, 0.6) is 0 Å². The average molecular weight is 800 g/mol. The van der Waals surface area contributed by atoms with Crippen LogP contribution in [-0.4, -0.2) is 15.0 Å². The van der Waals surface area contributed by atoms with Crippen LogP contribution in [0.2, 0.25) is 0 Å². The highest BCUT2D eigenvalue weighted by Crippen LogP contribution is 2.58. The average Bonchev–Trinajstić information content (AvgIpc) is 3.67. The Balaban J connectivity index is 1.01. The summed E-state index contributed by atoms with van der Waals surface area (Å²) in [6.07, 6.45) is 0. The van der Waals surface area contributed by atoms with Crippen molar-refractivity contribution in [3.05, 3.63) is 247 Å². The van der Waals surface area contributed by atoms with E-state index in [0.717, 1.165) is 77.3 Å². The first-order valence-electron chi connectivity index (χ1n) is 21.6. The molecule has 292 valence electrons. The van der Waals surface area contributed by atoms with Gasteiger partial charge in [0.15, 0.2) is 0 Å². The summed E-state index contributed by atoms with van der Waals surface area (Å²) in [5, 5.41) is 7.93. The Bertz CT molecular complexity index is 3750. The molecule has 0 aliphatic heterocycles. The van der Waals surface area contributed by atoms with Gasteiger partial charge in [-0.3, -0.25) is 0 Å². The molecule has 3 nitrogen and oxygen atoms in total. The van der Waals surface area contributed by atoms with Gasteiger partial charge in [-0.05, 0) is 91.3 Å². The van der Waals surface area contributed by atoms with E-state index < -0.39 is 5.41 Å². The lowest BCUT2D eigenvalue weighted by atomic mass is 9.67. The third-order valence-corrected chi connectivity index (χ3v) is 13.3. The van der Waals surface area contributed by atoms with Crippen molar-refractivity contribution in [2.75, 3.05) is 0 Å². The molecule has 1 aliphatic rings. The minimum atomic E-state index is -0.513. The predicted molar refractivity (Wildman–Crippen MR) is 261 cm³/mol. The molecule has 0 bridgehead atoms. The molecule has 0 N–H and O–H groups in total. The normalized spacial score (nSPS) is 12.9. The van der Waals surface area contributed by atoms with Crippen molar-refractivity contribution < 1.29 is 0 Å². The second-order valence-electron chi connectivity index (χ2n) is 16.7. The van der Waals surface area contributed by atoms with Crippen molar-refractivity contribution in [2.45, 2.75) is 5.41 Å². The van der Waals surface area contributed by atoms with Crippen molar-refractivity contribution >= 4 is 54.3 Å². The van der Waals surface area contributed by atoms with E-state index in [1.165, 1.54) is 44.2 Å². The molecule has 3 heteroatoms. The number of rotatable bonds is 5. The van der Waals surface area contributed by atoms with Gasteiger partial charge in [0, 0.05) is 32.8 Å².